The first-order chi connectivity index (χ1) is 9.29. The van der Waals surface area contributed by atoms with E-state index in [4.69, 9.17) is 9.68 Å². The molecule has 3 rings (SSSR count). The maximum absolute atomic E-state index is 11.8. The predicted octanol–water partition coefficient (Wildman–Crippen LogP) is 1.30. The van der Waals surface area contributed by atoms with Crippen LogP contribution in [0.25, 0.3) is 11.2 Å². The lowest BCUT2D eigenvalue weighted by atomic mass is 10.2. The molecule has 3 heterocycles. The van der Waals surface area contributed by atoms with Gasteiger partial charge < -0.3 is 4.42 Å². The van der Waals surface area contributed by atoms with Gasteiger partial charge in [-0.05, 0) is 18.2 Å². The fourth-order valence-electron chi connectivity index (χ4n) is 1.88. The fraction of sp³-hybridized carbons (Fsp3) is 0.0769. The van der Waals surface area contributed by atoms with Gasteiger partial charge in [-0.25, -0.2) is 14.8 Å². The van der Waals surface area contributed by atoms with E-state index in [1.54, 1.807) is 30.5 Å². The van der Waals surface area contributed by atoms with Crippen LogP contribution in [0, 0.1) is 11.3 Å². The summed E-state index contributed by atoms with van der Waals surface area (Å²) in [5, 5.41) is 8.99. The fourth-order valence-corrected chi connectivity index (χ4v) is 1.88. The number of fused-ring (bicyclic) bond motifs is 1. The summed E-state index contributed by atoms with van der Waals surface area (Å²) in [4.78, 5) is 19.9. The van der Waals surface area contributed by atoms with Gasteiger partial charge in [0.2, 0.25) is 0 Å². The topological polar surface area (TPSA) is 84.7 Å². The molecular formula is C13H8N4O2. The molecule has 6 nitrogen and oxygen atoms in total. The van der Waals surface area contributed by atoms with Crippen LogP contribution in [-0.4, -0.2) is 14.5 Å². The van der Waals surface area contributed by atoms with Crippen molar-refractivity contribution in [2.75, 3.05) is 0 Å². The summed E-state index contributed by atoms with van der Waals surface area (Å²) in [6.45, 7) is 0.208. The van der Waals surface area contributed by atoms with Gasteiger partial charge in [-0.15, -0.1) is 0 Å². The third kappa shape index (κ3) is 1.87. The van der Waals surface area contributed by atoms with Crippen molar-refractivity contribution in [1.82, 2.24) is 14.5 Å². The minimum absolute atomic E-state index is 0.208. The molecule has 0 bridgehead atoms. The van der Waals surface area contributed by atoms with Crippen LogP contribution in [0.15, 0.2) is 45.9 Å². The summed E-state index contributed by atoms with van der Waals surface area (Å²) in [5.74, 6) is -0.499. The highest BCUT2D eigenvalue weighted by Gasteiger charge is 2.12. The number of nitrogens with zero attached hydrogens (tertiary/aromatic N) is 4. The molecule has 3 aromatic rings. The first-order valence-corrected chi connectivity index (χ1v) is 5.58. The number of hydrogen-bond donors (Lipinski definition) is 0. The number of aromatic nitrogens is 3. The molecule has 0 spiro atoms. The van der Waals surface area contributed by atoms with Crippen molar-refractivity contribution in [2.24, 2.45) is 0 Å². The molecule has 0 fully saturated rings. The number of hydrogen-bond acceptors (Lipinski definition) is 5. The molecule has 0 N–H and O–H groups in total. The summed E-state index contributed by atoms with van der Waals surface area (Å²) in [6.07, 6.45) is 3.12. The van der Waals surface area contributed by atoms with Crippen LogP contribution >= 0.6 is 0 Å². The minimum atomic E-state index is -0.499. The normalized spacial score (nSPS) is 10.5. The average molecular weight is 252 g/mol. The van der Waals surface area contributed by atoms with E-state index in [1.165, 1.54) is 10.8 Å². The lowest BCUT2D eigenvalue weighted by Gasteiger charge is -2.02. The van der Waals surface area contributed by atoms with Crippen LogP contribution in [-0.2, 0) is 6.54 Å². The van der Waals surface area contributed by atoms with E-state index in [-0.39, 0.29) is 6.54 Å². The van der Waals surface area contributed by atoms with E-state index in [0.29, 0.717) is 22.5 Å². The third-order valence-electron chi connectivity index (χ3n) is 2.75. The molecule has 0 unspecified atom stereocenters. The van der Waals surface area contributed by atoms with Gasteiger partial charge in [0.25, 0.3) is 0 Å². The van der Waals surface area contributed by atoms with Crippen molar-refractivity contribution in [3.05, 3.63) is 58.5 Å². The Labute approximate surface area is 107 Å². The van der Waals surface area contributed by atoms with Crippen LogP contribution in [0.2, 0.25) is 0 Å². The maximum atomic E-state index is 11.8. The Kier molecular flexibility index (Phi) is 2.58. The zero-order valence-corrected chi connectivity index (χ0v) is 9.78. The van der Waals surface area contributed by atoms with E-state index < -0.39 is 5.76 Å². The first-order valence-electron chi connectivity index (χ1n) is 5.58. The van der Waals surface area contributed by atoms with E-state index in [0.717, 1.165) is 0 Å². The summed E-state index contributed by atoms with van der Waals surface area (Å²) in [6, 6.07) is 8.84. The molecule has 0 atom stereocenters. The maximum Gasteiger partial charge on any atom is 0.421 e. The number of oxazole rings is 1. The molecule has 0 radical (unpaired) electrons. The molecule has 19 heavy (non-hydrogen) atoms. The Hall–Kier alpha value is -2.94. The average Bonchev–Trinajstić information content (AvgIpc) is 2.76. The standard InChI is InChI=1S/C13H8N4O2/c14-7-10-9(3-1-5-15-10)8-17-12-11(19-13(17)18)4-2-6-16-12/h1-6H,8H2. The summed E-state index contributed by atoms with van der Waals surface area (Å²) < 4.78 is 6.47. The Bertz CT molecular complexity index is 841. The van der Waals surface area contributed by atoms with Crippen molar-refractivity contribution in [2.45, 2.75) is 6.54 Å². The molecule has 0 saturated carbocycles. The highest BCUT2D eigenvalue weighted by Crippen LogP contribution is 2.12. The van der Waals surface area contributed by atoms with Gasteiger partial charge in [0.05, 0.1) is 6.54 Å². The molecule has 0 aliphatic rings. The van der Waals surface area contributed by atoms with Crippen LogP contribution in [0.1, 0.15) is 11.3 Å². The van der Waals surface area contributed by atoms with Gasteiger partial charge in [0, 0.05) is 18.0 Å². The van der Waals surface area contributed by atoms with Gasteiger partial charge in [-0.1, -0.05) is 6.07 Å². The highest BCUT2D eigenvalue weighted by atomic mass is 16.4. The third-order valence-corrected chi connectivity index (χ3v) is 2.75. The minimum Gasteiger partial charge on any atom is -0.406 e. The Morgan fingerprint density at radius 3 is 2.89 bits per heavy atom. The Morgan fingerprint density at radius 1 is 1.26 bits per heavy atom. The van der Waals surface area contributed by atoms with E-state index in [1.807, 2.05) is 6.07 Å². The van der Waals surface area contributed by atoms with Crippen LogP contribution in [0.4, 0.5) is 0 Å². The molecule has 3 aromatic heterocycles. The summed E-state index contributed by atoms with van der Waals surface area (Å²) in [7, 11) is 0. The van der Waals surface area contributed by atoms with E-state index in [9.17, 15) is 4.79 Å². The van der Waals surface area contributed by atoms with Crippen molar-refractivity contribution < 1.29 is 4.42 Å². The summed E-state index contributed by atoms with van der Waals surface area (Å²) >= 11 is 0. The van der Waals surface area contributed by atoms with Crippen molar-refractivity contribution in [3.8, 4) is 6.07 Å². The molecular weight excluding hydrogens is 244 g/mol. The number of rotatable bonds is 2. The second-order valence-electron chi connectivity index (χ2n) is 3.90. The first kappa shape index (κ1) is 11.2. The predicted molar refractivity (Wildman–Crippen MR) is 66.3 cm³/mol. The summed E-state index contributed by atoms with van der Waals surface area (Å²) in [5.41, 5.74) is 1.83. The molecule has 0 aliphatic heterocycles. The molecule has 0 aromatic carbocycles. The molecule has 0 amide bonds. The molecule has 0 saturated heterocycles. The molecule has 0 aliphatic carbocycles. The van der Waals surface area contributed by atoms with Crippen LogP contribution in [0.3, 0.4) is 0 Å². The zero-order chi connectivity index (χ0) is 13.2. The second kappa shape index (κ2) is 4.38. The lowest BCUT2D eigenvalue weighted by Crippen LogP contribution is -2.16. The smallest absolute Gasteiger partial charge is 0.406 e. The van der Waals surface area contributed by atoms with Gasteiger partial charge >= 0.3 is 5.76 Å². The van der Waals surface area contributed by atoms with Gasteiger partial charge in [-0.2, -0.15) is 5.26 Å². The van der Waals surface area contributed by atoms with Gasteiger partial charge in [-0.3, -0.25) is 4.57 Å². The largest absolute Gasteiger partial charge is 0.421 e. The molecule has 92 valence electrons. The van der Waals surface area contributed by atoms with Crippen molar-refractivity contribution >= 4 is 11.2 Å². The van der Waals surface area contributed by atoms with Crippen LogP contribution in [0.5, 0.6) is 0 Å². The van der Waals surface area contributed by atoms with Crippen molar-refractivity contribution in [3.63, 3.8) is 0 Å². The van der Waals surface area contributed by atoms with E-state index >= 15 is 0 Å². The van der Waals surface area contributed by atoms with Gasteiger partial charge in [0.15, 0.2) is 11.2 Å². The quantitative estimate of drug-likeness (QED) is 0.686. The van der Waals surface area contributed by atoms with Gasteiger partial charge in [0.1, 0.15) is 11.8 Å². The van der Waals surface area contributed by atoms with Crippen molar-refractivity contribution in [1.29, 1.82) is 5.26 Å². The highest BCUT2D eigenvalue weighted by molar-refractivity contribution is 5.67. The Morgan fingerprint density at radius 2 is 2.05 bits per heavy atom. The second-order valence-corrected chi connectivity index (χ2v) is 3.90. The SMILES string of the molecule is N#Cc1ncccc1Cn1c(=O)oc2cccnc21. The molecule has 6 heteroatoms. The number of pyridine rings is 2. The zero-order valence-electron chi connectivity index (χ0n) is 9.78. The monoisotopic (exact) mass is 252 g/mol. The lowest BCUT2D eigenvalue weighted by molar-refractivity contribution is 0.517. The number of nitriles is 1. The Balaban J connectivity index is 2.14. The van der Waals surface area contributed by atoms with Crippen LogP contribution < -0.4 is 5.76 Å². The van der Waals surface area contributed by atoms with E-state index in [2.05, 4.69) is 9.97 Å².